The molecule has 0 amide bonds. The third kappa shape index (κ3) is 6.80. The second-order valence-corrected chi connectivity index (χ2v) is 15.9. The topological polar surface area (TPSA) is 88.4 Å². The fourth-order valence-electron chi connectivity index (χ4n) is 8.73. The van der Waals surface area contributed by atoms with E-state index < -0.39 is 5.97 Å². The predicted molar refractivity (Wildman–Crippen MR) is 249 cm³/mol. The van der Waals surface area contributed by atoms with Crippen LogP contribution in [0.2, 0.25) is 0 Å². The molecule has 0 N–H and O–H groups in total. The van der Waals surface area contributed by atoms with Crippen LogP contribution in [0.15, 0.2) is 179 Å². The summed E-state index contributed by atoms with van der Waals surface area (Å²) in [4.78, 5) is 36.0. The number of aromatic nitrogens is 2. The van der Waals surface area contributed by atoms with E-state index in [0.717, 1.165) is 101 Å². The largest absolute Gasteiger partial charge is 2.00 e. The maximum absolute atomic E-state index is 14.3. The second-order valence-electron chi connectivity index (χ2n) is 15.9. The summed E-state index contributed by atoms with van der Waals surface area (Å²) in [6, 6.07) is 44.6. The van der Waals surface area contributed by atoms with Gasteiger partial charge in [-0.25, -0.2) is 14.8 Å². The zero-order chi connectivity index (χ0) is 42.1. The number of allylic oxidation sites excluding steroid dienone is 5. The molecule has 306 valence electrons. The smallest absolute Gasteiger partial charge is 0.657 e. The summed E-state index contributed by atoms with van der Waals surface area (Å²) < 4.78 is 12.2. The Balaban J connectivity index is 0.00000471. The maximum Gasteiger partial charge on any atom is 2.00 e. The van der Waals surface area contributed by atoms with E-state index in [1.165, 1.54) is 0 Å². The van der Waals surface area contributed by atoms with Gasteiger partial charge in [0.25, 0.3) is 0 Å². The van der Waals surface area contributed by atoms with Gasteiger partial charge in [-0.05, 0) is 114 Å². The number of nitrogens with zero attached hydrogens (tertiary/aromatic N) is 4. The number of ether oxygens (including phenoxy) is 2. The van der Waals surface area contributed by atoms with Crippen LogP contribution in [0, 0.1) is 20.8 Å². The number of carbonyl (C=O) groups excluding carboxylic acids is 1. The van der Waals surface area contributed by atoms with Gasteiger partial charge in [0.15, 0.2) is 0 Å². The Morgan fingerprint density at radius 1 is 0.556 bits per heavy atom. The van der Waals surface area contributed by atoms with Gasteiger partial charge in [0.1, 0.15) is 11.5 Å². The maximum atomic E-state index is 14.3. The van der Waals surface area contributed by atoms with Gasteiger partial charge < -0.3 is 19.4 Å². The molecule has 11 rings (SSSR count). The van der Waals surface area contributed by atoms with Crippen LogP contribution in [0.25, 0.3) is 55.2 Å². The van der Waals surface area contributed by atoms with Crippen molar-refractivity contribution in [1.29, 1.82) is 0 Å². The first kappa shape index (κ1) is 39.6. The van der Waals surface area contributed by atoms with Gasteiger partial charge in [0, 0.05) is 11.0 Å². The molecule has 7 nitrogen and oxygen atoms in total. The number of methoxy groups -OCH3 is 1. The Kier molecular flexibility index (Phi) is 9.89. The van der Waals surface area contributed by atoms with Crippen LogP contribution in [0.5, 0.6) is 11.5 Å². The van der Waals surface area contributed by atoms with Gasteiger partial charge in [-0.2, -0.15) is 0 Å². The molecule has 3 aliphatic rings. The van der Waals surface area contributed by atoms with Crippen molar-refractivity contribution in [2.45, 2.75) is 20.8 Å². The van der Waals surface area contributed by atoms with Crippen LogP contribution in [-0.4, -0.2) is 24.5 Å². The van der Waals surface area contributed by atoms with E-state index >= 15 is 0 Å². The van der Waals surface area contributed by atoms with E-state index in [2.05, 4.69) is 112 Å². The van der Waals surface area contributed by atoms with Gasteiger partial charge in [-0.15, -0.1) is 16.9 Å². The molecule has 0 radical (unpaired) electrons. The minimum absolute atomic E-state index is 0. The molecule has 0 aliphatic carbocycles. The van der Waals surface area contributed by atoms with Crippen molar-refractivity contribution in [2.24, 2.45) is 9.98 Å². The van der Waals surface area contributed by atoms with E-state index in [1.807, 2.05) is 54.6 Å². The summed E-state index contributed by atoms with van der Waals surface area (Å²) in [5.74, 6) is 0.556. The molecular weight excluding hydrogens is 823 g/mol. The third-order valence-corrected chi connectivity index (χ3v) is 11.8. The molecule has 0 saturated carbocycles. The zero-order valence-corrected chi connectivity index (χ0v) is 35.8. The minimum atomic E-state index is -0.500. The molecule has 2 aromatic heterocycles. The molecule has 0 fully saturated rings. The van der Waals surface area contributed by atoms with Crippen LogP contribution >= 0.6 is 0 Å². The normalized spacial score (nSPS) is 13.9. The second kappa shape index (κ2) is 15.7. The SMILES string of the molecule is COc1ccc(-c2c3cc(C)ccc3c3c4[n-]c(c(OC(=O)c5ccccc5)c24)C2=NC(=C(c4ccc(C)cc4)C4=NC(=C(c5ccc(C)cc5)c5ccc-3[n-]5)C=C4)C=C2)cc1.[Ni+2]. The first-order chi connectivity index (χ1) is 30.3. The zero-order valence-electron chi connectivity index (χ0n) is 34.8. The number of aryl methyl sites for hydroxylation is 3. The van der Waals surface area contributed by atoms with Crippen molar-refractivity contribution in [3.63, 3.8) is 0 Å². The average molecular weight is 862 g/mol. The number of esters is 1. The number of aliphatic imine (C=N–C) groups is 2. The van der Waals surface area contributed by atoms with Crippen molar-refractivity contribution in [1.82, 2.24) is 9.97 Å². The first-order valence-corrected chi connectivity index (χ1v) is 20.6. The van der Waals surface area contributed by atoms with Crippen molar-refractivity contribution < 1.29 is 30.8 Å². The van der Waals surface area contributed by atoms with E-state index in [4.69, 9.17) is 29.4 Å². The third-order valence-electron chi connectivity index (χ3n) is 11.8. The van der Waals surface area contributed by atoms with E-state index in [-0.39, 0.29) is 16.5 Å². The molecular formula is C55H38N4NiO3. The molecule has 63 heavy (non-hydrogen) atoms. The van der Waals surface area contributed by atoms with Crippen LogP contribution in [-0.2, 0) is 16.5 Å². The number of hydrogen-bond acceptors (Lipinski definition) is 5. The van der Waals surface area contributed by atoms with Gasteiger partial charge in [0.2, 0.25) is 0 Å². The Hall–Kier alpha value is -7.54. The Labute approximate surface area is 374 Å². The summed E-state index contributed by atoms with van der Waals surface area (Å²) >= 11 is 0. The van der Waals surface area contributed by atoms with Crippen molar-refractivity contribution in [2.75, 3.05) is 7.11 Å². The molecule has 3 aliphatic heterocycles. The molecule has 0 unspecified atom stereocenters. The molecule has 0 spiro atoms. The average Bonchev–Trinajstić information content (AvgIpc) is 4.13. The van der Waals surface area contributed by atoms with Crippen LogP contribution in [0.3, 0.4) is 0 Å². The number of hydrogen-bond donors (Lipinski definition) is 0. The van der Waals surface area contributed by atoms with Gasteiger partial charge >= 0.3 is 22.5 Å². The van der Waals surface area contributed by atoms with Crippen molar-refractivity contribution in [3.8, 4) is 33.9 Å². The van der Waals surface area contributed by atoms with E-state index in [1.54, 1.807) is 19.2 Å². The molecule has 8 bridgehead atoms. The van der Waals surface area contributed by atoms with Gasteiger partial charge in [0.05, 0.1) is 35.5 Å². The molecule has 0 atom stereocenters. The molecule has 0 saturated heterocycles. The minimum Gasteiger partial charge on any atom is -0.657 e. The number of rotatable bonds is 6. The standard InChI is InChI=1S/C55H38N4O3.Ni/c1-31-10-15-35(16-11-31)48-41-24-25-42(56-41)49(36-17-12-32(2)13-18-36)44-28-29-46(58-44)52-54(62-55(60)37-8-6-5-7-9-37)51-47(34-19-21-38(61-4)22-20-34)40-30-33(3)14-23-39(40)50(53(51)59-52)45-27-26-43(48)57-45;/h5-30H,1-4H3;/q-2;+2. The van der Waals surface area contributed by atoms with E-state index in [9.17, 15) is 4.79 Å². The number of fused-ring (bicyclic) bond motifs is 9. The fourth-order valence-corrected chi connectivity index (χ4v) is 8.73. The monoisotopic (exact) mass is 860 g/mol. The molecule has 5 heterocycles. The summed E-state index contributed by atoms with van der Waals surface area (Å²) in [5.41, 5.74) is 15.7. The van der Waals surface area contributed by atoms with Gasteiger partial charge in [-0.1, -0.05) is 132 Å². The predicted octanol–water partition coefficient (Wildman–Crippen LogP) is 11.9. The summed E-state index contributed by atoms with van der Waals surface area (Å²) in [7, 11) is 1.66. The van der Waals surface area contributed by atoms with Crippen molar-refractivity contribution >= 4 is 50.2 Å². The Morgan fingerprint density at radius 2 is 1.16 bits per heavy atom. The Bertz CT molecular complexity index is 3360. The quantitative estimate of drug-likeness (QED) is 0.123. The molecule has 8 heteroatoms. The molecule has 8 aromatic rings. The van der Waals surface area contributed by atoms with Crippen molar-refractivity contribution in [3.05, 3.63) is 214 Å². The van der Waals surface area contributed by atoms with Gasteiger partial charge in [-0.3, -0.25) is 0 Å². The fraction of sp³-hybridized carbons (Fsp3) is 0.0727. The first-order valence-electron chi connectivity index (χ1n) is 20.6. The summed E-state index contributed by atoms with van der Waals surface area (Å²) in [5, 5.41) is 2.62. The number of carbonyl (C=O) groups is 1. The molecule has 6 aromatic carbocycles. The summed E-state index contributed by atoms with van der Waals surface area (Å²) in [6.45, 7) is 6.26. The Morgan fingerprint density at radius 3 is 1.86 bits per heavy atom. The van der Waals surface area contributed by atoms with Crippen LogP contribution < -0.4 is 19.4 Å². The van der Waals surface area contributed by atoms with Crippen LogP contribution in [0.1, 0.15) is 49.6 Å². The number of benzene rings is 6. The summed E-state index contributed by atoms with van der Waals surface area (Å²) in [6.07, 6.45) is 8.10. The van der Waals surface area contributed by atoms with Crippen LogP contribution in [0.4, 0.5) is 0 Å². The van der Waals surface area contributed by atoms with E-state index in [0.29, 0.717) is 33.6 Å².